The zero-order valence-electron chi connectivity index (χ0n) is 7.66. The molecule has 15 heavy (non-hydrogen) atoms. The summed E-state index contributed by atoms with van der Waals surface area (Å²) in [5, 5.41) is 0.322. The van der Waals surface area contributed by atoms with Crippen LogP contribution in [0.4, 0.5) is 5.95 Å². The number of ketones is 1. The molecule has 0 aliphatic carbocycles. The number of Topliss-reactive ketones (excluding diaryl/α,β-unsaturated/α-hetero) is 1. The topological polar surface area (TPSA) is 71.8 Å². The van der Waals surface area contributed by atoms with Gasteiger partial charge in [0.15, 0.2) is 11.7 Å². The van der Waals surface area contributed by atoms with Crippen LogP contribution < -0.4 is 5.73 Å². The lowest BCUT2D eigenvalue weighted by Crippen LogP contribution is -1.98. The summed E-state index contributed by atoms with van der Waals surface area (Å²) in [6, 6.07) is 5.27. The SMILES string of the molecule is Br.Nc1nc2ccc(C(=O)CBr)cc2[nH]1. The molecule has 2 aromatic rings. The number of imidazole rings is 1. The molecule has 1 aromatic carbocycles. The summed E-state index contributed by atoms with van der Waals surface area (Å²) in [5.41, 5.74) is 7.70. The second-order valence-corrected chi connectivity index (χ2v) is 3.47. The van der Waals surface area contributed by atoms with Gasteiger partial charge in [0.25, 0.3) is 0 Å². The van der Waals surface area contributed by atoms with Gasteiger partial charge in [0, 0.05) is 5.56 Å². The molecule has 0 saturated carbocycles. The monoisotopic (exact) mass is 333 g/mol. The van der Waals surface area contributed by atoms with Gasteiger partial charge in [-0.2, -0.15) is 0 Å². The Labute approximate surface area is 105 Å². The van der Waals surface area contributed by atoms with Crippen molar-refractivity contribution in [3.63, 3.8) is 0 Å². The van der Waals surface area contributed by atoms with Gasteiger partial charge in [-0.1, -0.05) is 15.9 Å². The van der Waals surface area contributed by atoms with E-state index in [1.165, 1.54) is 0 Å². The zero-order chi connectivity index (χ0) is 10.1. The van der Waals surface area contributed by atoms with Crippen molar-refractivity contribution in [2.45, 2.75) is 0 Å². The number of hydrogen-bond acceptors (Lipinski definition) is 3. The summed E-state index contributed by atoms with van der Waals surface area (Å²) in [5.74, 6) is 0.406. The van der Waals surface area contributed by atoms with E-state index in [1.54, 1.807) is 18.2 Å². The number of benzene rings is 1. The molecule has 0 radical (unpaired) electrons. The van der Waals surface area contributed by atoms with Crippen LogP contribution in [-0.4, -0.2) is 21.1 Å². The number of nitrogens with zero attached hydrogens (tertiary/aromatic N) is 1. The first-order chi connectivity index (χ1) is 6.70. The third-order valence-corrected chi connectivity index (χ3v) is 2.45. The number of carbonyl (C=O) groups excluding carboxylic acids is 1. The quantitative estimate of drug-likeness (QED) is 0.654. The van der Waals surface area contributed by atoms with Gasteiger partial charge in [0.2, 0.25) is 0 Å². The van der Waals surface area contributed by atoms with Crippen molar-refractivity contribution in [2.75, 3.05) is 11.1 Å². The van der Waals surface area contributed by atoms with Crippen molar-refractivity contribution in [1.82, 2.24) is 9.97 Å². The number of rotatable bonds is 2. The first-order valence-corrected chi connectivity index (χ1v) is 5.17. The number of aromatic amines is 1. The molecule has 0 fully saturated rings. The van der Waals surface area contributed by atoms with Gasteiger partial charge in [0.05, 0.1) is 16.4 Å². The van der Waals surface area contributed by atoms with Gasteiger partial charge in [-0.25, -0.2) is 4.98 Å². The minimum atomic E-state index is 0. The molecule has 0 amide bonds. The number of nitrogen functional groups attached to an aromatic ring is 1. The van der Waals surface area contributed by atoms with Crippen LogP contribution >= 0.6 is 32.9 Å². The second-order valence-electron chi connectivity index (χ2n) is 2.91. The summed E-state index contributed by atoms with van der Waals surface area (Å²) in [7, 11) is 0. The number of H-pyrrole nitrogens is 1. The molecule has 1 aromatic heterocycles. The van der Waals surface area contributed by atoms with E-state index >= 15 is 0 Å². The standard InChI is InChI=1S/C9H8BrN3O.BrH/c10-4-8(14)5-1-2-6-7(3-5)13-9(11)12-6;/h1-3H,4H2,(H3,11,12,13);1H. The van der Waals surface area contributed by atoms with E-state index in [2.05, 4.69) is 25.9 Å². The average molecular weight is 335 g/mol. The summed E-state index contributed by atoms with van der Waals surface area (Å²) in [4.78, 5) is 18.3. The van der Waals surface area contributed by atoms with Crippen molar-refractivity contribution in [3.8, 4) is 0 Å². The molecule has 6 heteroatoms. The molecule has 0 saturated heterocycles. The van der Waals surface area contributed by atoms with Gasteiger partial charge in [-0.3, -0.25) is 4.79 Å². The van der Waals surface area contributed by atoms with Crippen LogP contribution in [0.3, 0.4) is 0 Å². The highest BCUT2D eigenvalue weighted by Crippen LogP contribution is 2.15. The Hall–Kier alpha value is -0.880. The van der Waals surface area contributed by atoms with Gasteiger partial charge < -0.3 is 10.7 Å². The van der Waals surface area contributed by atoms with E-state index in [0.29, 0.717) is 16.8 Å². The highest BCUT2D eigenvalue weighted by molar-refractivity contribution is 9.09. The molecule has 0 atom stereocenters. The second kappa shape index (κ2) is 4.76. The molecule has 0 aliphatic heterocycles. The Balaban J connectivity index is 0.00000112. The van der Waals surface area contributed by atoms with Gasteiger partial charge in [-0.05, 0) is 18.2 Å². The zero-order valence-corrected chi connectivity index (χ0v) is 11.0. The molecule has 0 aliphatic rings. The van der Waals surface area contributed by atoms with E-state index in [-0.39, 0.29) is 22.8 Å². The first kappa shape index (κ1) is 12.2. The van der Waals surface area contributed by atoms with Crippen LogP contribution in [0.5, 0.6) is 0 Å². The Bertz CT molecular complexity index is 495. The number of anilines is 1. The maximum Gasteiger partial charge on any atom is 0.198 e. The normalized spacial score (nSPS) is 9.93. The number of fused-ring (bicyclic) bond motifs is 1. The fourth-order valence-corrected chi connectivity index (χ4v) is 1.60. The molecular weight excluding hydrogens is 326 g/mol. The largest absolute Gasteiger partial charge is 0.369 e. The number of aromatic nitrogens is 2. The van der Waals surface area contributed by atoms with Crippen molar-refractivity contribution in [3.05, 3.63) is 23.8 Å². The number of nitrogens with one attached hydrogen (secondary N) is 1. The number of carbonyl (C=O) groups is 1. The van der Waals surface area contributed by atoms with Gasteiger partial charge >= 0.3 is 0 Å². The van der Waals surface area contributed by atoms with E-state index in [4.69, 9.17) is 5.73 Å². The van der Waals surface area contributed by atoms with E-state index in [9.17, 15) is 4.79 Å². The number of halogens is 2. The molecule has 3 N–H and O–H groups in total. The predicted octanol–water partition coefficient (Wildman–Crippen LogP) is 2.30. The minimum absolute atomic E-state index is 0. The number of hydrogen-bond donors (Lipinski definition) is 2. The lowest BCUT2D eigenvalue weighted by Gasteiger charge is -1.95. The van der Waals surface area contributed by atoms with Gasteiger partial charge in [0.1, 0.15) is 0 Å². The Morgan fingerprint density at radius 2 is 2.27 bits per heavy atom. The number of nitrogens with two attached hydrogens (primary N) is 1. The summed E-state index contributed by atoms with van der Waals surface area (Å²) < 4.78 is 0. The summed E-state index contributed by atoms with van der Waals surface area (Å²) in [6.45, 7) is 0. The highest BCUT2D eigenvalue weighted by atomic mass is 79.9. The fourth-order valence-electron chi connectivity index (χ4n) is 1.28. The van der Waals surface area contributed by atoms with Crippen LogP contribution in [0.1, 0.15) is 10.4 Å². The van der Waals surface area contributed by atoms with E-state index in [0.717, 1.165) is 11.0 Å². The summed E-state index contributed by atoms with van der Waals surface area (Å²) in [6.07, 6.45) is 0. The third-order valence-electron chi connectivity index (χ3n) is 1.94. The van der Waals surface area contributed by atoms with Crippen LogP contribution in [0.2, 0.25) is 0 Å². The smallest absolute Gasteiger partial charge is 0.198 e. The van der Waals surface area contributed by atoms with Crippen molar-refractivity contribution < 1.29 is 4.79 Å². The van der Waals surface area contributed by atoms with Crippen molar-refractivity contribution in [1.29, 1.82) is 0 Å². The summed E-state index contributed by atoms with van der Waals surface area (Å²) >= 11 is 3.12. The maximum absolute atomic E-state index is 11.4. The lowest BCUT2D eigenvalue weighted by atomic mass is 10.1. The van der Waals surface area contributed by atoms with Crippen LogP contribution in [0.25, 0.3) is 11.0 Å². The molecule has 0 spiro atoms. The molecule has 80 valence electrons. The molecule has 0 bridgehead atoms. The van der Waals surface area contributed by atoms with E-state index in [1.807, 2.05) is 0 Å². The fraction of sp³-hybridized carbons (Fsp3) is 0.111. The first-order valence-electron chi connectivity index (χ1n) is 4.05. The van der Waals surface area contributed by atoms with Crippen molar-refractivity contribution in [2.24, 2.45) is 0 Å². The maximum atomic E-state index is 11.4. The van der Waals surface area contributed by atoms with Crippen LogP contribution in [0, 0.1) is 0 Å². The van der Waals surface area contributed by atoms with Gasteiger partial charge in [-0.15, -0.1) is 17.0 Å². The Kier molecular flexibility index (Phi) is 3.87. The van der Waals surface area contributed by atoms with Crippen LogP contribution in [0.15, 0.2) is 18.2 Å². The Morgan fingerprint density at radius 1 is 1.53 bits per heavy atom. The minimum Gasteiger partial charge on any atom is -0.369 e. The molecular formula is C9H9Br2N3O. The molecule has 4 nitrogen and oxygen atoms in total. The number of alkyl halides is 1. The predicted molar refractivity (Wildman–Crippen MR) is 69.0 cm³/mol. The molecule has 0 unspecified atom stereocenters. The lowest BCUT2D eigenvalue weighted by molar-refractivity contribution is 0.102. The average Bonchev–Trinajstić information content (AvgIpc) is 2.55. The third kappa shape index (κ3) is 2.38. The van der Waals surface area contributed by atoms with Crippen molar-refractivity contribution >= 4 is 55.7 Å². The van der Waals surface area contributed by atoms with E-state index < -0.39 is 0 Å². The molecule has 2 rings (SSSR count). The van der Waals surface area contributed by atoms with Crippen LogP contribution in [-0.2, 0) is 0 Å². The molecule has 1 heterocycles. The highest BCUT2D eigenvalue weighted by Gasteiger charge is 2.06. The Morgan fingerprint density at radius 3 is 2.93 bits per heavy atom.